The van der Waals surface area contributed by atoms with Crippen molar-refractivity contribution in [2.24, 2.45) is 0 Å². The molecule has 2 unspecified atom stereocenters. The van der Waals surface area contributed by atoms with Crippen LogP contribution in [0.25, 0.3) is 10.8 Å². The van der Waals surface area contributed by atoms with Crippen molar-refractivity contribution in [3.05, 3.63) is 104 Å². The smallest absolute Gasteiger partial charge is 0.220 e. The Morgan fingerprint density at radius 1 is 1.05 bits per heavy atom. The van der Waals surface area contributed by atoms with Crippen LogP contribution in [0.3, 0.4) is 0 Å². The molecule has 1 aromatic heterocycles. The molecule has 1 aliphatic rings. The van der Waals surface area contributed by atoms with Crippen molar-refractivity contribution in [1.82, 2.24) is 15.5 Å². The third kappa shape index (κ3) is 6.41. The van der Waals surface area contributed by atoms with E-state index in [0.29, 0.717) is 23.0 Å². The number of thiophene rings is 1. The summed E-state index contributed by atoms with van der Waals surface area (Å²) in [5, 5.41) is 12.5. The molecule has 0 aliphatic carbocycles. The van der Waals surface area contributed by atoms with Gasteiger partial charge in [-0.1, -0.05) is 83.9 Å². The lowest BCUT2D eigenvalue weighted by molar-refractivity contribution is -0.121. The van der Waals surface area contributed by atoms with Gasteiger partial charge in [0, 0.05) is 49.4 Å². The summed E-state index contributed by atoms with van der Waals surface area (Å²) in [6.07, 6.45) is 2.18. The SMILES string of the molecule is O=C(CCCN1CCNCC1c1cccc(Cl)c1Cl)NCCC(c1cccs1)c1cccc2ccccc12. The first-order chi connectivity index (χ1) is 18.6. The molecule has 0 radical (unpaired) electrons. The number of hydrogen-bond donors (Lipinski definition) is 2. The van der Waals surface area contributed by atoms with Crippen molar-refractivity contribution in [3.63, 3.8) is 0 Å². The standard InChI is InChI=1S/C31H33Cl2N3OS/c32-27-12-4-11-26(31(27)33)28-21-34-17-19-36(28)18-5-14-30(37)35-16-15-25(29-13-6-20-38-29)24-10-3-8-22-7-1-2-9-23(22)24/h1-4,6-13,20,25,28,34H,5,14-19,21H2,(H,35,37). The van der Waals surface area contributed by atoms with Gasteiger partial charge in [-0.2, -0.15) is 0 Å². The van der Waals surface area contributed by atoms with E-state index in [4.69, 9.17) is 23.2 Å². The summed E-state index contributed by atoms with van der Waals surface area (Å²) >= 11 is 14.6. The van der Waals surface area contributed by atoms with Crippen LogP contribution in [0, 0.1) is 0 Å². The Morgan fingerprint density at radius 2 is 1.89 bits per heavy atom. The number of rotatable bonds is 10. The van der Waals surface area contributed by atoms with Gasteiger partial charge in [0.25, 0.3) is 0 Å². The van der Waals surface area contributed by atoms with E-state index >= 15 is 0 Å². The summed E-state index contributed by atoms with van der Waals surface area (Å²) < 4.78 is 0. The molecule has 198 valence electrons. The van der Waals surface area contributed by atoms with Crippen LogP contribution in [0.2, 0.25) is 10.0 Å². The second-order valence-corrected chi connectivity index (χ2v) is 11.5. The minimum Gasteiger partial charge on any atom is -0.356 e. The first-order valence-corrected chi connectivity index (χ1v) is 14.9. The average Bonchev–Trinajstić information content (AvgIpc) is 3.48. The number of carbonyl (C=O) groups is 1. The lowest BCUT2D eigenvalue weighted by Gasteiger charge is -2.37. The first kappa shape index (κ1) is 27.2. The number of halogens is 2. The zero-order valence-corrected chi connectivity index (χ0v) is 23.7. The van der Waals surface area contributed by atoms with E-state index in [0.717, 1.165) is 44.6 Å². The predicted octanol–water partition coefficient (Wildman–Crippen LogP) is 7.27. The van der Waals surface area contributed by atoms with E-state index in [-0.39, 0.29) is 17.9 Å². The van der Waals surface area contributed by atoms with Crippen molar-refractivity contribution in [2.45, 2.75) is 31.2 Å². The average molecular weight is 567 g/mol. The Bertz CT molecular complexity index is 1360. The summed E-state index contributed by atoms with van der Waals surface area (Å²) in [5.41, 5.74) is 2.37. The van der Waals surface area contributed by atoms with E-state index in [2.05, 4.69) is 75.5 Å². The zero-order valence-electron chi connectivity index (χ0n) is 21.3. The predicted molar refractivity (Wildman–Crippen MR) is 161 cm³/mol. The summed E-state index contributed by atoms with van der Waals surface area (Å²) in [6, 6.07) is 25.4. The Kier molecular flexibility index (Phi) is 9.36. The molecule has 4 aromatic rings. The van der Waals surface area contributed by atoms with Crippen LogP contribution in [0.15, 0.2) is 78.2 Å². The van der Waals surface area contributed by atoms with E-state index in [1.54, 1.807) is 11.3 Å². The van der Waals surface area contributed by atoms with Crippen molar-refractivity contribution in [2.75, 3.05) is 32.7 Å². The number of nitrogens with zero attached hydrogens (tertiary/aromatic N) is 1. The third-order valence-corrected chi connectivity index (χ3v) is 9.20. The highest BCUT2D eigenvalue weighted by atomic mass is 35.5. The van der Waals surface area contributed by atoms with Gasteiger partial charge in [-0.25, -0.2) is 0 Å². The fraction of sp³-hybridized carbons (Fsp3) is 0.323. The minimum atomic E-state index is 0.111. The topological polar surface area (TPSA) is 44.4 Å². The third-order valence-electron chi connectivity index (χ3n) is 7.38. The molecule has 5 rings (SSSR count). The van der Waals surface area contributed by atoms with Crippen LogP contribution in [0.4, 0.5) is 0 Å². The highest BCUT2D eigenvalue weighted by Gasteiger charge is 2.26. The molecule has 7 heteroatoms. The summed E-state index contributed by atoms with van der Waals surface area (Å²) in [6.45, 7) is 4.17. The number of hydrogen-bond acceptors (Lipinski definition) is 4. The number of fused-ring (bicyclic) bond motifs is 1. The van der Waals surface area contributed by atoms with Crippen molar-refractivity contribution < 1.29 is 4.79 Å². The van der Waals surface area contributed by atoms with Gasteiger partial charge >= 0.3 is 0 Å². The molecule has 2 atom stereocenters. The van der Waals surface area contributed by atoms with Gasteiger partial charge in [0.15, 0.2) is 0 Å². The molecule has 1 amide bonds. The van der Waals surface area contributed by atoms with Gasteiger partial charge in [-0.05, 0) is 58.8 Å². The second kappa shape index (κ2) is 13.1. The van der Waals surface area contributed by atoms with Gasteiger partial charge in [0.2, 0.25) is 5.91 Å². The van der Waals surface area contributed by atoms with Gasteiger partial charge in [0.1, 0.15) is 0 Å². The number of benzene rings is 3. The lowest BCUT2D eigenvalue weighted by Crippen LogP contribution is -2.46. The number of nitrogens with one attached hydrogen (secondary N) is 2. The van der Waals surface area contributed by atoms with Gasteiger partial charge in [0.05, 0.1) is 10.0 Å². The summed E-state index contributed by atoms with van der Waals surface area (Å²) in [5.74, 6) is 0.366. The normalized spacial score (nSPS) is 16.9. The van der Waals surface area contributed by atoms with E-state index in [1.807, 2.05) is 18.2 Å². The molecular weight excluding hydrogens is 533 g/mol. The molecule has 0 spiro atoms. The molecule has 0 bridgehead atoms. The zero-order chi connectivity index (χ0) is 26.3. The minimum absolute atomic E-state index is 0.111. The Morgan fingerprint density at radius 3 is 2.76 bits per heavy atom. The summed E-state index contributed by atoms with van der Waals surface area (Å²) in [7, 11) is 0. The number of piperazine rings is 1. The van der Waals surface area contributed by atoms with Crippen LogP contribution in [0.1, 0.15) is 47.2 Å². The van der Waals surface area contributed by atoms with E-state index in [1.165, 1.54) is 21.2 Å². The lowest BCUT2D eigenvalue weighted by atomic mass is 9.90. The maximum atomic E-state index is 12.8. The highest BCUT2D eigenvalue weighted by molar-refractivity contribution is 7.10. The van der Waals surface area contributed by atoms with Gasteiger partial charge < -0.3 is 10.6 Å². The monoisotopic (exact) mass is 565 g/mol. The van der Waals surface area contributed by atoms with Crippen LogP contribution < -0.4 is 10.6 Å². The molecule has 4 nitrogen and oxygen atoms in total. The van der Waals surface area contributed by atoms with Crippen molar-refractivity contribution >= 4 is 51.2 Å². The fourth-order valence-electron chi connectivity index (χ4n) is 5.48. The highest BCUT2D eigenvalue weighted by Crippen LogP contribution is 2.36. The molecule has 1 fully saturated rings. The maximum Gasteiger partial charge on any atom is 0.220 e. The van der Waals surface area contributed by atoms with E-state index in [9.17, 15) is 4.79 Å². The molecule has 2 heterocycles. The molecule has 0 saturated carbocycles. The quantitative estimate of drug-likeness (QED) is 0.212. The van der Waals surface area contributed by atoms with Crippen molar-refractivity contribution in [3.8, 4) is 0 Å². The van der Waals surface area contributed by atoms with E-state index < -0.39 is 0 Å². The number of amides is 1. The first-order valence-electron chi connectivity index (χ1n) is 13.3. The van der Waals surface area contributed by atoms with Gasteiger partial charge in [-0.15, -0.1) is 11.3 Å². The van der Waals surface area contributed by atoms with Crippen LogP contribution >= 0.6 is 34.5 Å². The largest absolute Gasteiger partial charge is 0.356 e. The molecular formula is C31H33Cl2N3OS. The van der Waals surface area contributed by atoms with Crippen LogP contribution in [-0.2, 0) is 4.79 Å². The second-order valence-electron chi connectivity index (χ2n) is 9.78. The maximum absolute atomic E-state index is 12.8. The van der Waals surface area contributed by atoms with Crippen LogP contribution in [-0.4, -0.2) is 43.5 Å². The van der Waals surface area contributed by atoms with Gasteiger partial charge in [-0.3, -0.25) is 9.69 Å². The molecule has 1 saturated heterocycles. The number of carbonyl (C=O) groups excluding carboxylic acids is 1. The molecule has 3 aromatic carbocycles. The van der Waals surface area contributed by atoms with Crippen LogP contribution in [0.5, 0.6) is 0 Å². The summed E-state index contributed by atoms with van der Waals surface area (Å²) in [4.78, 5) is 16.5. The Balaban J connectivity index is 1.16. The Hall–Kier alpha value is -2.41. The Labute approximate surface area is 239 Å². The molecule has 38 heavy (non-hydrogen) atoms. The van der Waals surface area contributed by atoms with Crippen molar-refractivity contribution in [1.29, 1.82) is 0 Å². The molecule has 2 N–H and O–H groups in total. The molecule has 1 aliphatic heterocycles. The fourth-order valence-corrected chi connectivity index (χ4v) is 6.79.